The highest BCUT2D eigenvalue weighted by Crippen LogP contribution is 2.11. The lowest BCUT2D eigenvalue weighted by Gasteiger charge is -2.11. The smallest absolute Gasteiger partial charge is 0.267 e. The van der Waals surface area contributed by atoms with E-state index < -0.39 is 5.91 Å². The Hall–Kier alpha value is -2.96. The van der Waals surface area contributed by atoms with Crippen LogP contribution >= 0.6 is 0 Å². The maximum atomic E-state index is 12.7. The third-order valence-electron chi connectivity index (χ3n) is 3.73. The minimum atomic E-state index is -0.406. The van der Waals surface area contributed by atoms with Gasteiger partial charge in [0.05, 0.1) is 10.9 Å². The third kappa shape index (κ3) is 1.82. The van der Waals surface area contributed by atoms with Crippen LogP contribution in [0.1, 0.15) is 15.9 Å². The first-order valence-corrected chi connectivity index (χ1v) is 6.74. The first-order chi connectivity index (χ1) is 10.5. The monoisotopic (exact) mass is 297 g/mol. The number of aromatic nitrogens is 3. The molecule has 3 aromatic heterocycles. The number of nitrogens with one attached hydrogen (secondary N) is 2. The Balaban J connectivity index is 2.58. The molecule has 0 aromatic carbocycles. The molecule has 3 rings (SSSR count). The van der Waals surface area contributed by atoms with E-state index in [0.29, 0.717) is 16.7 Å². The highest BCUT2D eigenvalue weighted by molar-refractivity contribution is 5.96. The molecule has 0 aliphatic carbocycles. The van der Waals surface area contributed by atoms with Gasteiger partial charge in [0.1, 0.15) is 16.8 Å². The Morgan fingerprint density at radius 1 is 1.36 bits per heavy atom. The van der Waals surface area contributed by atoms with Crippen LogP contribution in [0.5, 0.6) is 0 Å². The minimum absolute atomic E-state index is 0.0108. The summed E-state index contributed by atoms with van der Waals surface area (Å²) in [4.78, 5) is 29.1. The van der Waals surface area contributed by atoms with Gasteiger partial charge in [-0.1, -0.05) is 6.07 Å². The predicted molar refractivity (Wildman–Crippen MR) is 81.9 cm³/mol. The maximum Gasteiger partial charge on any atom is 0.267 e. The van der Waals surface area contributed by atoms with E-state index in [-0.39, 0.29) is 16.6 Å². The number of carbonyl (C=O) groups is 1. The lowest BCUT2D eigenvalue weighted by Crippen LogP contribution is -2.32. The van der Waals surface area contributed by atoms with Gasteiger partial charge in [0.25, 0.3) is 11.5 Å². The molecule has 0 saturated heterocycles. The Bertz CT molecular complexity index is 1050. The molecular formula is C15H15N5O2. The van der Waals surface area contributed by atoms with Crippen molar-refractivity contribution in [3.05, 3.63) is 51.4 Å². The summed E-state index contributed by atoms with van der Waals surface area (Å²) in [5.74, 6) is -0.406. The van der Waals surface area contributed by atoms with Gasteiger partial charge in [0.15, 0.2) is 0 Å². The van der Waals surface area contributed by atoms with Crippen LogP contribution in [0.2, 0.25) is 0 Å². The van der Waals surface area contributed by atoms with Crippen molar-refractivity contribution in [1.82, 2.24) is 19.3 Å². The first kappa shape index (κ1) is 14.0. The third-order valence-corrected chi connectivity index (χ3v) is 3.73. The zero-order valence-corrected chi connectivity index (χ0v) is 12.5. The molecule has 0 fully saturated rings. The molecule has 22 heavy (non-hydrogen) atoms. The number of fused-ring (bicyclic) bond motifs is 2. The normalized spacial score (nSPS) is 11.0. The zero-order chi connectivity index (χ0) is 16.0. The molecule has 1 amide bonds. The van der Waals surface area contributed by atoms with Gasteiger partial charge in [-0.3, -0.25) is 19.4 Å². The number of amides is 1. The van der Waals surface area contributed by atoms with Gasteiger partial charge < -0.3 is 9.88 Å². The van der Waals surface area contributed by atoms with E-state index in [0.717, 1.165) is 5.56 Å². The summed E-state index contributed by atoms with van der Waals surface area (Å²) in [5.41, 5.74) is 1.69. The fraction of sp³-hybridized carbons (Fsp3) is 0.200. The number of hydrogen-bond acceptors (Lipinski definition) is 4. The van der Waals surface area contributed by atoms with Crippen molar-refractivity contribution < 1.29 is 4.79 Å². The Kier molecular flexibility index (Phi) is 3.05. The number of nitrogens with zero attached hydrogens (tertiary/aromatic N) is 3. The van der Waals surface area contributed by atoms with E-state index in [2.05, 4.69) is 10.3 Å². The summed E-state index contributed by atoms with van der Waals surface area (Å²) in [6.45, 7) is 1.87. The van der Waals surface area contributed by atoms with Crippen LogP contribution in [0.4, 0.5) is 0 Å². The summed E-state index contributed by atoms with van der Waals surface area (Å²) >= 11 is 0. The van der Waals surface area contributed by atoms with Crippen molar-refractivity contribution in [2.45, 2.75) is 6.92 Å². The second-order valence-electron chi connectivity index (χ2n) is 5.08. The summed E-state index contributed by atoms with van der Waals surface area (Å²) in [6.07, 6.45) is 1.64. The number of aryl methyl sites for hydroxylation is 2. The average Bonchev–Trinajstić information content (AvgIpc) is 2.52. The molecular weight excluding hydrogens is 282 g/mol. The van der Waals surface area contributed by atoms with Crippen LogP contribution in [0.3, 0.4) is 0 Å². The molecule has 0 unspecified atom stereocenters. The van der Waals surface area contributed by atoms with Gasteiger partial charge in [0, 0.05) is 20.3 Å². The van der Waals surface area contributed by atoms with Crippen LogP contribution in [-0.2, 0) is 7.05 Å². The van der Waals surface area contributed by atoms with Crippen molar-refractivity contribution in [2.24, 2.45) is 7.05 Å². The van der Waals surface area contributed by atoms with Gasteiger partial charge >= 0.3 is 0 Å². The molecule has 0 saturated carbocycles. The molecule has 2 N–H and O–H groups in total. The SMILES string of the molecule is CNC(=O)c1cc2c(=O)n3cccc(C)c3nc2n(C)c1=N. The van der Waals surface area contributed by atoms with Gasteiger partial charge in [0.2, 0.25) is 0 Å². The van der Waals surface area contributed by atoms with Crippen LogP contribution in [0.25, 0.3) is 16.7 Å². The molecule has 7 nitrogen and oxygen atoms in total. The largest absolute Gasteiger partial charge is 0.355 e. The number of rotatable bonds is 1. The fourth-order valence-electron chi connectivity index (χ4n) is 2.49. The zero-order valence-electron chi connectivity index (χ0n) is 12.5. The number of carbonyl (C=O) groups excluding carboxylic acids is 1. The Morgan fingerprint density at radius 3 is 2.77 bits per heavy atom. The lowest BCUT2D eigenvalue weighted by molar-refractivity contribution is 0.0961. The van der Waals surface area contributed by atoms with E-state index in [9.17, 15) is 9.59 Å². The van der Waals surface area contributed by atoms with E-state index in [1.807, 2.05) is 13.0 Å². The van der Waals surface area contributed by atoms with Crippen molar-refractivity contribution >= 4 is 22.6 Å². The van der Waals surface area contributed by atoms with Gasteiger partial charge in [-0.05, 0) is 24.6 Å². The standard InChI is InChI=1S/C15H15N5O2/c1-8-5-4-6-20-12(8)18-13-10(15(20)22)7-9(14(21)17-2)11(16)19(13)3/h4-7,16H,1-3H3,(H,17,21). The second-order valence-corrected chi connectivity index (χ2v) is 5.08. The minimum Gasteiger partial charge on any atom is -0.355 e. The molecule has 0 bridgehead atoms. The molecule has 0 spiro atoms. The average molecular weight is 297 g/mol. The first-order valence-electron chi connectivity index (χ1n) is 6.74. The lowest BCUT2D eigenvalue weighted by atomic mass is 10.2. The van der Waals surface area contributed by atoms with Crippen LogP contribution in [0, 0.1) is 12.3 Å². The number of hydrogen-bond donors (Lipinski definition) is 2. The number of pyridine rings is 2. The van der Waals surface area contributed by atoms with Crippen LogP contribution in [-0.4, -0.2) is 26.9 Å². The molecule has 0 aliphatic rings. The van der Waals surface area contributed by atoms with Crippen molar-refractivity contribution in [3.8, 4) is 0 Å². The maximum absolute atomic E-state index is 12.7. The molecule has 3 aromatic rings. The van der Waals surface area contributed by atoms with Crippen molar-refractivity contribution in [1.29, 1.82) is 5.41 Å². The molecule has 0 aliphatic heterocycles. The highest BCUT2D eigenvalue weighted by atomic mass is 16.1. The van der Waals surface area contributed by atoms with Crippen molar-refractivity contribution in [3.63, 3.8) is 0 Å². The predicted octanol–water partition coefficient (Wildman–Crippen LogP) is 0.334. The molecule has 112 valence electrons. The summed E-state index contributed by atoms with van der Waals surface area (Å²) in [5, 5.41) is 10.9. The Labute approximate surface area is 125 Å². The highest BCUT2D eigenvalue weighted by Gasteiger charge is 2.15. The molecule has 0 atom stereocenters. The van der Waals surface area contributed by atoms with E-state index >= 15 is 0 Å². The quantitative estimate of drug-likeness (QED) is 0.634. The van der Waals surface area contributed by atoms with Gasteiger partial charge in [-0.2, -0.15) is 0 Å². The van der Waals surface area contributed by atoms with E-state index in [1.165, 1.54) is 22.1 Å². The van der Waals surface area contributed by atoms with Crippen LogP contribution < -0.4 is 16.4 Å². The van der Waals surface area contributed by atoms with Crippen molar-refractivity contribution in [2.75, 3.05) is 7.05 Å². The summed E-state index contributed by atoms with van der Waals surface area (Å²) in [6, 6.07) is 5.07. The van der Waals surface area contributed by atoms with Gasteiger partial charge in [-0.25, -0.2) is 4.98 Å². The summed E-state index contributed by atoms with van der Waals surface area (Å²) in [7, 11) is 3.11. The van der Waals surface area contributed by atoms with Crippen LogP contribution in [0.15, 0.2) is 29.2 Å². The fourth-order valence-corrected chi connectivity index (χ4v) is 2.49. The van der Waals surface area contributed by atoms with E-state index in [1.54, 1.807) is 19.3 Å². The van der Waals surface area contributed by atoms with E-state index in [4.69, 9.17) is 5.41 Å². The topological polar surface area (TPSA) is 92.2 Å². The molecule has 7 heteroatoms. The second kappa shape index (κ2) is 4.80. The molecule has 0 radical (unpaired) electrons. The Morgan fingerprint density at radius 2 is 2.09 bits per heavy atom. The molecule has 3 heterocycles. The summed E-state index contributed by atoms with van der Waals surface area (Å²) < 4.78 is 2.91. The van der Waals surface area contributed by atoms with Gasteiger partial charge in [-0.15, -0.1) is 0 Å².